The normalized spacial score (nSPS) is 18.0. The van der Waals surface area contributed by atoms with Gasteiger partial charge < -0.3 is 0 Å². The zero-order valence-electron chi connectivity index (χ0n) is 12.4. The van der Waals surface area contributed by atoms with E-state index < -0.39 is 0 Å². The van der Waals surface area contributed by atoms with Crippen molar-refractivity contribution in [2.75, 3.05) is 5.01 Å². The lowest BCUT2D eigenvalue weighted by Gasteiger charge is -2.14. The van der Waals surface area contributed by atoms with Crippen LogP contribution >= 0.6 is 0 Å². The molecule has 0 saturated heterocycles. The summed E-state index contributed by atoms with van der Waals surface area (Å²) in [6.07, 6.45) is 3.46. The zero-order chi connectivity index (χ0) is 15.0. The first-order valence-corrected chi connectivity index (χ1v) is 6.98. The van der Waals surface area contributed by atoms with Crippen molar-refractivity contribution < 1.29 is 4.79 Å². The molecule has 1 atom stereocenters. The van der Waals surface area contributed by atoms with Crippen molar-refractivity contribution in [3.05, 3.63) is 59.4 Å². The van der Waals surface area contributed by atoms with Crippen LogP contribution in [-0.4, -0.2) is 16.6 Å². The number of nitrogens with zero attached hydrogens (tertiary/aromatic N) is 3. The zero-order valence-corrected chi connectivity index (χ0v) is 12.4. The quantitative estimate of drug-likeness (QED) is 0.848. The maximum atomic E-state index is 12.5. The summed E-state index contributed by atoms with van der Waals surface area (Å²) in [5.74, 6) is -0.257. The molecule has 1 amide bonds. The van der Waals surface area contributed by atoms with Gasteiger partial charge in [0, 0.05) is 18.0 Å². The Morgan fingerprint density at radius 3 is 2.62 bits per heavy atom. The van der Waals surface area contributed by atoms with Crippen molar-refractivity contribution in [2.45, 2.75) is 20.8 Å². The molecule has 1 unspecified atom stereocenters. The molecule has 0 bridgehead atoms. The average Bonchev–Trinajstić information content (AvgIpc) is 2.79. The van der Waals surface area contributed by atoms with E-state index in [1.54, 1.807) is 12.4 Å². The van der Waals surface area contributed by atoms with Gasteiger partial charge in [0.2, 0.25) is 0 Å². The molecule has 0 spiro atoms. The lowest BCUT2D eigenvalue weighted by atomic mass is 10.00. The van der Waals surface area contributed by atoms with Gasteiger partial charge in [0.15, 0.2) is 0 Å². The van der Waals surface area contributed by atoms with Crippen molar-refractivity contribution in [3.63, 3.8) is 0 Å². The summed E-state index contributed by atoms with van der Waals surface area (Å²) in [5, 5.41) is 6.02. The van der Waals surface area contributed by atoms with Gasteiger partial charge in [-0.15, -0.1) is 0 Å². The van der Waals surface area contributed by atoms with Crippen LogP contribution in [-0.2, 0) is 4.79 Å². The Balaban J connectivity index is 2.02. The van der Waals surface area contributed by atoms with Gasteiger partial charge in [0.1, 0.15) is 0 Å². The number of rotatable bonds is 2. The van der Waals surface area contributed by atoms with Crippen LogP contribution in [0.3, 0.4) is 0 Å². The van der Waals surface area contributed by atoms with E-state index in [9.17, 15) is 4.79 Å². The van der Waals surface area contributed by atoms with Gasteiger partial charge >= 0.3 is 0 Å². The molecule has 0 fully saturated rings. The highest BCUT2D eigenvalue weighted by atomic mass is 16.2. The molecule has 1 aromatic carbocycles. The van der Waals surface area contributed by atoms with Crippen LogP contribution in [0.25, 0.3) is 0 Å². The number of anilines is 1. The Kier molecular flexibility index (Phi) is 3.29. The lowest BCUT2D eigenvalue weighted by Crippen LogP contribution is -2.25. The van der Waals surface area contributed by atoms with Crippen LogP contribution in [0.1, 0.15) is 23.6 Å². The number of hydrogen-bond donors (Lipinski definition) is 0. The first-order chi connectivity index (χ1) is 10.1. The van der Waals surface area contributed by atoms with E-state index >= 15 is 0 Å². The number of aryl methyl sites for hydroxylation is 2. The second-order valence-electron chi connectivity index (χ2n) is 5.37. The molecular formula is C17H17N3O. The largest absolute Gasteiger partial charge is 0.272 e. The van der Waals surface area contributed by atoms with E-state index in [0.29, 0.717) is 0 Å². The summed E-state index contributed by atoms with van der Waals surface area (Å²) in [4.78, 5) is 16.6. The third-order valence-electron chi connectivity index (χ3n) is 3.89. The van der Waals surface area contributed by atoms with Gasteiger partial charge in [-0.3, -0.25) is 9.78 Å². The molecule has 106 valence electrons. The Hall–Kier alpha value is -2.49. The Morgan fingerprint density at radius 2 is 1.95 bits per heavy atom. The Labute approximate surface area is 124 Å². The van der Waals surface area contributed by atoms with Crippen LogP contribution < -0.4 is 5.01 Å². The van der Waals surface area contributed by atoms with Gasteiger partial charge in [0.25, 0.3) is 5.91 Å². The van der Waals surface area contributed by atoms with Gasteiger partial charge in [-0.1, -0.05) is 6.07 Å². The minimum Gasteiger partial charge on any atom is -0.272 e. The smallest absolute Gasteiger partial charge is 0.256 e. The van der Waals surface area contributed by atoms with Crippen LogP contribution in [0, 0.1) is 19.8 Å². The molecule has 0 N–H and O–H groups in total. The van der Waals surface area contributed by atoms with Crippen molar-refractivity contribution in [1.82, 2.24) is 4.98 Å². The van der Waals surface area contributed by atoms with E-state index in [2.05, 4.69) is 17.0 Å². The van der Waals surface area contributed by atoms with E-state index in [0.717, 1.165) is 22.5 Å². The first kappa shape index (κ1) is 13.5. The van der Waals surface area contributed by atoms with Crippen LogP contribution in [0.15, 0.2) is 47.8 Å². The topological polar surface area (TPSA) is 45.6 Å². The molecule has 2 aromatic rings. The van der Waals surface area contributed by atoms with Gasteiger partial charge in [-0.25, -0.2) is 0 Å². The molecule has 0 saturated carbocycles. The second-order valence-corrected chi connectivity index (χ2v) is 5.37. The van der Waals surface area contributed by atoms with Crippen molar-refractivity contribution >= 4 is 17.3 Å². The average molecular weight is 279 g/mol. The molecule has 4 heteroatoms. The Morgan fingerprint density at radius 1 is 1.14 bits per heavy atom. The number of amides is 1. The third-order valence-corrected chi connectivity index (χ3v) is 3.89. The highest BCUT2D eigenvalue weighted by Gasteiger charge is 2.34. The van der Waals surface area contributed by atoms with Crippen LogP contribution in [0.2, 0.25) is 0 Å². The van der Waals surface area contributed by atoms with Crippen molar-refractivity contribution in [2.24, 2.45) is 11.0 Å². The number of carbonyl (C=O) groups excluding carboxylic acids is 1. The van der Waals surface area contributed by atoms with Crippen LogP contribution in [0.4, 0.5) is 5.69 Å². The van der Waals surface area contributed by atoms with E-state index in [-0.39, 0.29) is 11.8 Å². The van der Waals surface area contributed by atoms with Gasteiger partial charge in [-0.2, -0.15) is 10.1 Å². The monoisotopic (exact) mass is 279 g/mol. The Bertz CT molecular complexity index is 722. The second kappa shape index (κ2) is 5.13. The molecule has 0 aliphatic carbocycles. The minimum absolute atomic E-state index is 0.00268. The third kappa shape index (κ3) is 2.33. The molecular weight excluding hydrogens is 262 g/mol. The summed E-state index contributed by atoms with van der Waals surface area (Å²) >= 11 is 0. The number of aromatic nitrogens is 1. The highest BCUT2D eigenvalue weighted by molar-refractivity contribution is 6.21. The highest BCUT2D eigenvalue weighted by Crippen LogP contribution is 2.27. The maximum absolute atomic E-state index is 12.5. The number of pyridine rings is 1. The summed E-state index contributed by atoms with van der Waals surface area (Å²) in [7, 11) is 0. The van der Waals surface area contributed by atoms with Crippen LogP contribution in [0.5, 0.6) is 0 Å². The molecule has 1 aliphatic rings. The molecule has 2 heterocycles. The maximum Gasteiger partial charge on any atom is 0.256 e. The van der Waals surface area contributed by atoms with Gasteiger partial charge in [-0.05, 0) is 56.2 Å². The fourth-order valence-electron chi connectivity index (χ4n) is 2.41. The van der Waals surface area contributed by atoms with E-state index in [1.807, 2.05) is 44.2 Å². The molecule has 1 aromatic heterocycles. The number of carbonyl (C=O) groups is 1. The summed E-state index contributed by atoms with van der Waals surface area (Å²) in [5.41, 5.74) is 4.83. The fraction of sp³-hybridized carbons (Fsp3) is 0.235. The lowest BCUT2D eigenvalue weighted by molar-refractivity contribution is -0.119. The predicted molar refractivity (Wildman–Crippen MR) is 83.3 cm³/mol. The molecule has 0 radical (unpaired) electrons. The SMILES string of the molecule is Cc1ccc(N2N=C(c3cccnc3)C(C)C2=O)cc1C. The van der Waals surface area contributed by atoms with Gasteiger partial charge in [0.05, 0.1) is 17.3 Å². The fourth-order valence-corrected chi connectivity index (χ4v) is 2.41. The number of hydrogen-bond acceptors (Lipinski definition) is 3. The van der Waals surface area contributed by atoms with E-state index in [1.165, 1.54) is 10.6 Å². The predicted octanol–water partition coefficient (Wildman–Crippen LogP) is 3.09. The van der Waals surface area contributed by atoms with E-state index in [4.69, 9.17) is 0 Å². The summed E-state index contributed by atoms with van der Waals surface area (Å²) in [6, 6.07) is 9.73. The first-order valence-electron chi connectivity index (χ1n) is 6.98. The number of benzene rings is 1. The molecule has 21 heavy (non-hydrogen) atoms. The minimum atomic E-state index is -0.254. The summed E-state index contributed by atoms with van der Waals surface area (Å²) < 4.78 is 0. The molecule has 3 rings (SSSR count). The molecule has 4 nitrogen and oxygen atoms in total. The molecule has 1 aliphatic heterocycles. The van der Waals surface area contributed by atoms with Crippen molar-refractivity contribution in [3.8, 4) is 0 Å². The number of hydrazone groups is 1. The summed E-state index contributed by atoms with van der Waals surface area (Å²) in [6.45, 7) is 5.97. The van der Waals surface area contributed by atoms with Crippen molar-refractivity contribution in [1.29, 1.82) is 0 Å². The standard InChI is InChI=1S/C17H17N3O/c1-11-6-7-15(9-12(11)2)20-17(21)13(3)16(19-20)14-5-4-8-18-10-14/h4-10,13H,1-3H3.